The lowest BCUT2D eigenvalue weighted by Crippen LogP contribution is -2.36. The number of guanidine groups is 1. The van der Waals surface area contributed by atoms with E-state index < -0.39 is 12.2 Å². The summed E-state index contributed by atoms with van der Waals surface area (Å²) in [5, 5.41) is 7.63. The van der Waals surface area contributed by atoms with E-state index in [4.69, 9.17) is 9.47 Å². The number of hydrogen-bond donors (Lipinski definition) is 3. The van der Waals surface area contributed by atoms with Gasteiger partial charge in [-0.2, -0.15) is 0 Å². The van der Waals surface area contributed by atoms with Gasteiger partial charge in [0.15, 0.2) is 0 Å². The molecule has 0 saturated heterocycles. The average Bonchev–Trinajstić information content (AvgIpc) is 2.74. The molecule has 2 aromatic carbocycles. The van der Waals surface area contributed by atoms with Crippen molar-refractivity contribution in [3.8, 4) is 17.2 Å². The number of carbonyl (C=O) groups excluding carboxylic acids is 3. The predicted molar refractivity (Wildman–Crippen MR) is 113 cm³/mol. The van der Waals surface area contributed by atoms with Crippen LogP contribution < -0.4 is 25.4 Å². The molecule has 0 unspecified atom stereocenters. The van der Waals surface area contributed by atoms with Crippen LogP contribution in [0.1, 0.15) is 6.92 Å². The number of alkyl carbamates (subject to hydrolysis) is 1. The third-order valence-corrected chi connectivity index (χ3v) is 3.62. The first-order valence-electron chi connectivity index (χ1n) is 8.86. The molecule has 3 N–H and O–H groups in total. The van der Waals surface area contributed by atoms with E-state index in [0.29, 0.717) is 28.6 Å². The standard InChI is InChI=1S/C20H22N4O7/c1-12(25)21-17-11-15(31-14-7-5-6-13(10-14)28-2)8-9-16(17)22-18(23-19(26)29-3)24-20(27)30-4/h5-11H,1-4H3,(H,21,25)(H2,22,23,24,26,27). The van der Waals surface area contributed by atoms with Crippen LogP contribution in [0.4, 0.5) is 21.0 Å². The van der Waals surface area contributed by atoms with Crippen molar-refractivity contribution >= 4 is 35.4 Å². The highest BCUT2D eigenvalue weighted by atomic mass is 16.5. The van der Waals surface area contributed by atoms with E-state index >= 15 is 0 Å². The molecule has 2 aromatic rings. The number of anilines is 2. The Labute approximate surface area is 178 Å². The lowest BCUT2D eigenvalue weighted by atomic mass is 10.2. The quantitative estimate of drug-likeness (QED) is 0.485. The largest absolute Gasteiger partial charge is 0.497 e. The van der Waals surface area contributed by atoms with E-state index in [0.717, 1.165) is 14.2 Å². The number of hydrogen-bond acceptors (Lipinski definition) is 7. The maximum atomic E-state index is 11.7. The highest BCUT2D eigenvalue weighted by molar-refractivity contribution is 6.08. The fourth-order valence-electron chi connectivity index (χ4n) is 2.29. The highest BCUT2D eigenvalue weighted by Gasteiger charge is 2.13. The molecule has 0 aromatic heterocycles. The molecule has 11 nitrogen and oxygen atoms in total. The van der Waals surface area contributed by atoms with Gasteiger partial charge < -0.3 is 29.6 Å². The van der Waals surface area contributed by atoms with Crippen LogP contribution in [0.5, 0.6) is 17.2 Å². The molecule has 0 bridgehead atoms. The SMILES string of the molecule is COC(=O)/N=C(\NC(=O)OC)Nc1ccc(Oc2cccc(OC)c2)cc1NC(C)=O. The van der Waals surface area contributed by atoms with Crippen molar-refractivity contribution in [3.63, 3.8) is 0 Å². The van der Waals surface area contributed by atoms with Crippen LogP contribution in [0, 0.1) is 0 Å². The Morgan fingerprint density at radius 1 is 0.839 bits per heavy atom. The minimum atomic E-state index is -0.960. The minimum absolute atomic E-state index is 0.272. The molecular formula is C20H22N4O7. The summed E-state index contributed by atoms with van der Waals surface area (Å²) in [6.45, 7) is 1.33. The van der Waals surface area contributed by atoms with E-state index in [9.17, 15) is 14.4 Å². The second-order valence-corrected chi connectivity index (χ2v) is 5.84. The van der Waals surface area contributed by atoms with Gasteiger partial charge in [-0.05, 0) is 24.3 Å². The fourth-order valence-corrected chi connectivity index (χ4v) is 2.29. The van der Waals surface area contributed by atoms with E-state index in [-0.39, 0.29) is 11.9 Å². The van der Waals surface area contributed by atoms with Crippen molar-refractivity contribution in [2.24, 2.45) is 4.99 Å². The van der Waals surface area contributed by atoms with Gasteiger partial charge in [0, 0.05) is 19.1 Å². The summed E-state index contributed by atoms with van der Waals surface area (Å²) in [6.07, 6.45) is -1.83. The number of carbonyl (C=O) groups is 3. The maximum absolute atomic E-state index is 11.7. The third-order valence-electron chi connectivity index (χ3n) is 3.62. The first-order chi connectivity index (χ1) is 14.8. The Bertz CT molecular complexity index is 991. The van der Waals surface area contributed by atoms with Crippen LogP contribution in [0.15, 0.2) is 47.5 Å². The molecule has 0 heterocycles. The fraction of sp³-hybridized carbons (Fsp3) is 0.200. The lowest BCUT2D eigenvalue weighted by Gasteiger charge is -2.16. The highest BCUT2D eigenvalue weighted by Crippen LogP contribution is 2.31. The number of ether oxygens (including phenoxy) is 4. The van der Waals surface area contributed by atoms with Crippen LogP contribution in [-0.2, 0) is 14.3 Å². The summed E-state index contributed by atoms with van der Waals surface area (Å²) in [5.41, 5.74) is 0.615. The molecule has 0 radical (unpaired) electrons. The topological polar surface area (TPSA) is 137 Å². The second kappa shape index (κ2) is 11.0. The average molecular weight is 430 g/mol. The van der Waals surface area contributed by atoms with Crippen molar-refractivity contribution in [3.05, 3.63) is 42.5 Å². The molecule has 0 aliphatic carbocycles. The smallest absolute Gasteiger partial charge is 0.436 e. The van der Waals surface area contributed by atoms with Gasteiger partial charge in [-0.15, -0.1) is 4.99 Å². The van der Waals surface area contributed by atoms with E-state index in [1.807, 2.05) is 0 Å². The lowest BCUT2D eigenvalue weighted by molar-refractivity contribution is -0.114. The summed E-state index contributed by atoms with van der Waals surface area (Å²) >= 11 is 0. The second-order valence-electron chi connectivity index (χ2n) is 5.84. The first kappa shape index (κ1) is 23.0. The number of nitrogens with one attached hydrogen (secondary N) is 3. The summed E-state index contributed by atoms with van der Waals surface area (Å²) in [4.78, 5) is 38.3. The molecule has 0 atom stereocenters. The third kappa shape index (κ3) is 7.24. The molecule has 0 aliphatic rings. The number of rotatable bonds is 5. The number of benzene rings is 2. The molecular weight excluding hydrogens is 408 g/mol. The zero-order valence-corrected chi connectivity index (χ0v) is 17.3. The van der Waals surface area contributed by atoms with Gasteiger partial charge in [0.05, 0.1) is 32.7 Å². The van der Waals surface area contributed by atoms with Gasteiger partial charge in [-0.3, -0.25) is 10.1 Å². The summed E-state index contributed by atoms with van der Waals surface area (Å²) in [7, 11) is 3.83. The Hall–Kier alpha value is -4.28. The molecule has 31 heavy (non-hydrogen) atoms. The number of amides is 3. The molecule has 164 valence electrons. The van der Waals surface area contributed by atoms with Gasteiger partial charge >= 0.3 is 12.2 Å². The minimum Gasteiger partial charge on any atom is -0.497 e. The van der Waals surface area contributed by atoms with Crippen LogP contribution in [0.25, 0.3) is 0 Å². The van der Waals surface area contributed by atoms with Crippen LogP contribution >= 0.6 is 0 Å². The molecule has 11 heteroatoms. The number of aliphatic imine (C=N–C) groups is 1. The summed E-state index contributed by atoms with van der Waals surface area (Å²) in [5.74, 6) is 0.931. The normalized spacial score (nSPS) is 10.5. The van der Waals surface area contributed by atoms with Crippen molar-refractivity contribution in [1.82, 2.24) is 5.32 Å². The van der Waals surface area contributed by atoms with Gasteiger partial charge in [0.25, 0.3) is 0 Å². The molecule has 0 spiro atoms. The molecule has 3 amide bonds. The van der Waals surface area contributed by atoms with Gasteiger partial charge in [-0.25, -0.2) is 9.59 Å². The van der Waals surface area contributed by atoms with Gasteiger partial charge in [-0.1, -0.05) is 6.07 Å². The summed E-state index contributed by atoms with van der Waals surface area (Å²) in [6, 6.07) is 11.7. The number of nitrogens with zero attached hydrogens (tertiary/aromatic N) is 1. The van der Waals surface area contributed by atoms with Gasteiger partial charge in [0.2, 0.25) is 11.9 Å². The van der Waals surface area contributed by atoms with Crippen molar-refractivity contribution in [2.45, 2.75) is 6.92 Å². The van der Waals surface area contributed by atoms with Crippen molar-refractivity contribution in [2.75, 3.05) is 32.0 Å². The zero-order chi connectivity index (χ0) is 22.8. The molecule has 0 saturated carbocycles. The Kier molecular flexibility index (Phi) is 8.20. The molecule has 2 rings (SSSR count). The monoisotopic (exact) mass is 430 g/mol. The number of methoxy groups -OCH3 is 3. The van der Waals surface area contributed by atoms with Crippen LogP contribution in [0.3, 0.4) is 0 Å². The maximum Gasteiger partial charge on any atom is 0.436 e. The Balaban J connectivity index is 2.34. The van der Waals surface area contributed by atoms with Crippen molar-refractivity contribution in [1.29, 1.82) is 0 Å². The molecule has 0 fully saturated rings. The first-order valence-corrected chi connectivity index (χ1v) is 8.86. The van der Waals surface area contributed by atoms with Crippen molar-refractivity contribution < 1.29 is 33.3 Å². The van der Waals surface area contributed by atoms with Crippen LogP contribution in [0.2, 0.25) is 0 Å². The van der Waals surface area contributed by atoms with E-state index in [2.05, 4.69) is 30.4 Å². The predicted octanol–water partition coefficient (Wildman–Crippen LogP) is 3.34. The Morgan fingerprint density at radius 2 is 1.55 bits per heavy atom. The van der Waals surface area contributed by atoms with Crippen LogP contribution in [-0.4, -0.2) is 45.4 Å². The zero-order valence-electron chi connectivity index (χ0n) is 17.3. The van der Waals surface area contributed by atoms with Gasteiger partial charge in [0.1, 0.15) is 17.2 Å². The molecule has 0 aliphatic heterocycles. The van der Waals surface area contributed by atoms with E-state index in [1.165, 1.54) is 6.92 Å². The van der Waals surface area contributed by atoms with E-state index in [1.54, 1.807) is 49.6 Å². The summed E-state index contributed by atoms with van der Waals surface area (Å²) < 4.78 is 20.0. The Morgan fingerprint density at radius 3 is 2.19 bits per heavy atom.